The molecule has 2 aliphatic carbocycles. The Morgan fingerprint density at radius 1 is 0.375 bits per heavy atom. The molecule has 0 fully saturated rings. The fourth-order valence-electron chi connectivity index (χ4n) is 8.94. The SMILES string of the molecule is CC1(C)c2ccccc2-c2ccc(N(c3ccccc3)c3ccc4c(ccc5c6c(ccc54)-c4ccccc4C(C)(C)C6(C)C)c3)cc21. The van der Waals surface area contributed by atoms with Crippen LogP contribution in [0.4, 0.5) is 17.1 Å². The molecule has 0 saturated heterocycles. The number of hydrogen-bond acceptors (Lipinski definition) is 1. The number of anilines is 3. The van der Waals surface area contributed by atoms with Crippen molar-refractivity contribution in [1.29, 1.82) is 0 Å². The van der Waals surface area contributed by atoms with Crippen LogP contribution in [0.2, 0.25) is 0 Å². The van der Waals surface area contributed by atoms with Crippen molar-refractivity contribution in [3.63, 3.8) is 0 Å². The Kier molecular flexibility index (Phi) is 6.01. The van der Waals surface area contributed by atoms with Gasteiger partial charge < -0.3 is 4.90 Å². The van der Waals surface area contributed by atoms with Gasteiger partial charge in [0, 0.05) is 27.9 Å². The molecule has 7 aromatic carbocycles. The van der Waals surface area contributed by atoms with Crippen LogP contribution in [-0.4, -0.2) is 0 Å². The van der Waals surface area contributed by atoms with E-state index in [2.05, 4.69) is 186 Å². The molecule has 48 heavy (non-hydrogen) atoms. The van der Waals surface area contributed by atoms with Gasteiger partial charge in [0.25, 0.3) is 0 Å². The molecule has 0 aliphatic heterocycles. The fourth-order valence-corrected chi connectivity index (χ4v) is 8.94. The Labute approximate surface area is 284 Å². The predicted molar refractivity (Wildman–Crippen MR) is 205 cm³/mol. The van der Waals surface area contributed by atoms with Crippen molar-refractivity contribution in [1.82, 2.24) is 0 Å². The topological polar surface area (TPSA) is 3.24 Å². The van der Waals surface area contributed by atoms with Crippen molar-refractivity contribution in [2.24, 2.45) is 0 Å². The number of hydrogen-bond donors (Lipinski definition) is 0. The van der Waals surface area contributed by atoms with E-state index < -0.39 is 0 Å². The Morgan fingerprint density at radius 3 is 1.71 bits per heavy atom. The van der Waals surface area contributed by atoms with Crippen LogP contribution in [0.3, 0.4) is 0 Å². The molecule has 2 aliphatic rings. The third-order valence-electron chi connectivity index (χ3n) is 12.2. The summed E-state index contributed by atoms with van der Waals surface area (Å²) in [6.07, 6.45) is 0. The van der Waals surface area contributed by atoms with Gasteiger partial charge in [-0.2, -0.15) is 0 Å². The zero-order chi connectivity index (χ0) is 33.0. The highest BCUT2D eigenvalue weighted by Gasteiger charge is 2.46. The lowest BCUT2D eigenvalue weighted by Crippen LogP contribution is -2.43. The predicted octanol–water partition coefficient (Wildman–Crippen LogP) is 13.0. The van der Waals surface area contributed by atoms with Gasteiger partial charge in [0.15, 0.2) is 0 Å². The largest absolute Gasteiger partial charge is 0.310 e. The molecular weight excluding hydrogens is 579 g/mol. The van der Waals surface area contributed by atoms with Crippen LogP contribution >= 0.6 is 0 Å². The number of nitrogens with zero attached hydrogens (tertiary/aromatic N) is 1. The summed E-state index contributed by atoms with van der Waals surface area (Å²) in [6, 6.07) is 52.2. The summed E-state index contributed by atoms with van der Waals surface area (Å²) in [5.74, 6) is 0. The zero-order valence-electron chi connectivity index (χ0n) is 28.7. The molecule has 0 saturated carbocycles. The van der Waals surface area contributed by atoms with E-state index in [1.807, 2.05) is 0 Å². The lowest BCUT2D eigenvalue weighted by molar-refractivity contribution is 0.301. The molecule has 0 radical (unpaired) electrons. The smallest absolute Gasteiger partial charge is 0.0468 e. The van der Waals surface area contributed by atoms with Crippen LogP contribution in [-0.2, 0) is 16.2 Å². The van der Waals surface area contributed by atoms with E-state index in [4.69, 9.17) is 0 Å². The molecule has 1 nitrogen and oxygen atoms in total. The highest BCUT2D eigenvalue weighted by atomic mass is 15.1. The summed E-state index contributed by atoms with van der Waals surface area (Å²) in [7, 11) is 0. The van der Waals surface area contributed by atoms with Crippen LogP contribution in [0, 0.1) is 0 Å². The van der Waals surface area contributed by atoms with Crippen LogP contribution in [0.5, 0.6) is 0 Å². The number of fused-ring (bicyclic) bond motifs is 10. The summed E-state index contributed by atoms with van der Waals surface area (Å²) in [5, 5.41) is 5.23. The third-order valence-corrected chi connectivity index (χ3v) is 12.2. The van der Waals surface area contributed by atoms with Gasteiger partial charge in [0.1, 0.15) is 0 Å². The standard InChI is InChI=1S/C47H41N/c1-45(2)41-18-12-10-16-36(41)38-25-22-33(29-43(38)45)48(31-14-8-7-9-15-31)32-21-24-34-30(28-32)20-23-39-35(34)26-27-40-37-17-11-13-19-42(37)46(3,4)47(5,6)44(39)40/h7-29H,1-6H3. The molecule has 0 atom stereocenters. The molecule has 9 rings (SSSR count). The van der Waals surface area contributed by atoms with Crippen molar-refractivity contribution in [2.45, 2.75) is 57.8 Å². The second-order valence-electron chi connectivity index (χ2n) is 15.4. The highest BCUT2D eigenvalue weighted by molar-refractivity contribution is 6.11. The van der Waals surface area contributed by atoms with Gasteiger partial charge in [-0.1, -0.05) is 145 Å². The van der Waals surface area contributed by atoms with E-state index in [1.54, 1.807) is 0 Å². The minimum Gasteiger partial charge on any atom is -0.310 e. The molecule has 0 N–H and O–H groups in total. The van der Waals surface area contributed by atoms with Gasteiger partial charge in [0.2, 0.25) is 0 Å². The average Bonchev–Trinajstić information content (AvgIpc) is 3.33. The van der Waals surface area contributed by atoms with E-state index in [-0.39, 0.29) is 16.2 Å². The minimum absolute atomic E-state index is 0.00826. The molecular formula is C47H41N. The molecule has 7 aromatic rings. The zero-order valence-corrected chi connectivity index (χ0v) is 28.7. The Bertz CT molecular complexity index is 2430. The molecule has 0 amide bonds. The van der Waals surface area contributed by atoms with Gasteiger partial charge >= 0.3 is 0 Å². The van der Waals surface area contributed by atoms with Gasteiger partial charge in [-0.05, 0) is 108 Å². The quantitative estimate of drug-likeness (QED) is 0.178. The maximum Gasteiger partial charge on any atom is 0.0468 e. The van der Waals surface area contributed by atoms with E-state index in [1.165, 1.54) is 71.7 Å². The van der Waals surface area contributed by atoms with E-state index >= 15 is 0 Å². The normalized spacial score (nSPS) is 16.2. The summed E-state index contributed by atoms with van der Waals surface area (Å²) in [6.45, 7) is 14.4. The number of para-hydroxylation sites is 1. The van der Waals surface area contributed by atoms with Crippen LogP contribution < -0.4 is 4.90 Å². The van der Waals surface area contributed by atoms with E-state index in [0.29, 0.717) is 0 Å². The molecule has 234 valence electrons. The fraction of sp³-hybridized carbons (Fsp3) is 0.191. The molecule has 0 spiro atoms. The summed E-state index contributed by atoms with van der Waals surface area (Å²) in [5.41, 5.74) is 14.5. The van der Waals surface area contributed by atoms with Gasteiger partial charge in [-0.25, -0.2) is 0 Å². The molecule has 0 aromatic heterocycles. The first-order valence-electron chi connectivity index (χ1n) is 17.3. The maximum absolute atomic E-state index is 2.43. The van der Waals surface area contributed by atoms with Crippen LogP contribution in [0.1, 0.15) is 63.8 Å². The minimum atomic E-state index is -0.0609. The third kappa shape index (κ3) is 3.85. The van der Waals surface area contributed by atoms with Crippen molar-refractivity contribution in [3.05, 3.63) is 162 Å². The monoisotopic (exact) mass is 619 g/mol. The second-order valence-corrected chi connectivity index (χ2v) is 15.4. The Hall–Kier alpha value is -5.14. The lowest BCUT2D eigenvalue weighted by atomic mass is 9.55. The first-order valence-corrected chi connectivity index (χ1v) is 17.3. The summed E-state index contributed by atoms with van der Waals surface area (Å²) >= 11 is 0. The molecule has 0 unspecified atom stereocenters. The average molecular weight is 620 g/mol. The first kappa shape index (κ1) is 29.0. The van der Waals surface area contributed by atoms with Crippen molar-refractivity contribution >= 4 is 38.6 Å². The van der Waals surface area contributed by atoms with Crippen molar-refractivity contribution in [3.8, 4) is 22.3 Å². The number of rotatable bonds is 3. The summed E-state index contributed by atoms with van der Waals surface area (Å²) in [4.78, 5) is 2.42. The Balaban J connectivity index is 1.22. The highest BCUT2D eigenvalue weighted by Crippen LogP contribution is 2.56. The summed E-state index contributed by atoms with van der Waals surface area (Å²) < 4.78 is 0. The van der Waals surface area contributed by atoms with E-state index in [0.717, 1.165) is 11.4 Å². The van der Waals surface area contributed by atoms with Gasteiger partial charge in [-0.3, -0.25) is 0 Å². The molecule has 0 heterocycles. The second kappa shape index (κ2) is 9.94. The number of benzene rings is 7. The van der Waals surface area contributed by atoms with Crippen LogP contribution in [0.25, 0.3) is 43.8 Å². The van der Waals surface area contributed by atoms with Crippen molar-refractivity contribution < 1.29 is 0 Å². The van der Waals surface area contributed by atoms with Crippen molar-refractivity contribution in [2.75, 3.05) is 4.90 Å². The van der Waals surface area contributed by atoms with E-state index in [9.17, 15) is 0 Å². The lowest BCUT2D eigenvalue weighted by Gasteiger charge is -2.48. The van der Waals surface area contributed by atoms with Gasteiger partial charge in [-0.15, -0.1) is 0 Å². The maximum atomic E-state index is 2.43. The first-order chi connectivity index (χ1) is 23.1. The molecule has 0 bridgehead atoms. The molecule has 1 heteroatoms. The Morgan fingerprint density at radius 2 is 0.938 bits per heavy atom. The van der Waals surface area contributed by atoms with Gasteiger partial charge in [0.05, 0.1) is 0 Å². The van der Waals surface area contributed by atoms with Crippen LogP contribution in [0.15, 0.2) is 140 Å².